The van der Waals surface area contributed by atoms with Gasteiger partial charge in [-0.05, 0) is 54.8 Å². The third-order valence-electron chi connectivity index (χ3n) is 11.7. The number of nitroso groups, excluding NO2 is 1. The van der Waals surface area contributed by atoms with Crippen molar-refractivity contribution in [3.63, 3.8) is 0 Å². The number of fused-ring (bicyclic) bond motifs is 2. The molecular weight excluding hydrogens is 634 g/mol. The zero-order chi connectivity index (χ0) is 35.3. The minimum atomic E-state index is -2.35. The summed E-state index contributed by atoms with van der Waals surface area (Å²) in [4.78, 5) is 69.4. The summed E-state index contributed by atoms with van der Waals surface area (Å²) in [5.74, 6) is -1.86. The van der Waals surface area contributed by atoms with Crippen molar-refractivity contribution in [2.75, 3.05) is 18.8 Å². The molecule has 2 saturated carbocycles. The summed E-state index contributed by atoms with van der Waals surface area (Å²) < 4.78 is 18.1. The van der Waals surface area contributed by atoms with E-state index >= 15 is 0 Å². The van der Waals surface area contributed by atoms with Crippen LogP contribution in [0.3, 0.4) is 0 Å². The SMILES string of the molecule is C=CCNC(=O)C(=O)C(CCCC)NC(=O)C1C2C(CN1C(=O)C(N[N+](=O)NC1(C34CCCS3(=O)=N4)CCCCC1)C(C)(C)C)C2(C)C. The fourth-order valence-corrected chi connectivity index (χ4v) is 12.1. The number of hydrogen-bond donors (Lipinski definition) is 4. The Morgan fingerprint density at radius 2 is 1.79 bits per heavy atom. The Labute approximate surface area is 285 Å². The van der Waals surface area contributed by atoms with Gasteiger partial charge >= 0.3 is 0 Å². The number of amides is 3. The van der Waals surface area contributed by atoms with Crippen LogP contribution in [0.2, 0.25) is 0 Å². The predicted molar refractivity (Wildman–Crippen MR) is 182 cm³/mol. The van der Waals surface area contributed by atoms with Gasteiger partial charge in [0, 0.05) is 18.8 Å². The van der Waals surface area contributed by atoms with Gasteiger partial charge in [0.25, 0.3) is 11.8 Å². The van der Waals surface area contributed by atoms with Crippen molar-refractivity contribution >= 4 is 33.2 Å². The minimum absolute atomic E-state index is 0.0802. The number of Topliss-reactive ketones (excluding diaryl/α,β-unsaturated/α-hetero) is 1. The third kappa shape index (κ3) is 6.26. The number of nitrogens with zero attached hydrogens (tertiary/aromatic N) is 3. The van der Waals surface area contributed by atoms with Gasteiger partial charge in [0.2, 0.25) is 16.7 Å². The monoisotopic (exact) mass is 690 g/mol. The van der Waals surface area contributed by atoms with Gasteiger partial charge in [-0.1, -0.05) is 79.7 Å². The highest BCUT2D eigenvalue weighted by Crippen LogP contribution is 2.65. The molecule has 14 heteroatoms. The number of piperidine rings is 1. The number of unbranched alkanes of at least 4 members (excludes halogenated alkanes) is 1. The standard InChI is InChI=1S/C34H55N7O6S/c1-8-10-15-23(26(42)29(44)35-19-9-2)36-28(43)25-24-22(32(24,6)7)21-40(25)30(45)27(31(3,4)5)37-41(46)38-33(16-12-11-13-17-33)34-18-14-20-48(34,47)39-34/h9,22-25,27H,2,8,10-21H2,1,3-7H3,(H3-,35,36,37,38,43,44,46)/p+1. The van der Waals surface area contributed by atoms with E-state index < -0.39 is 61.3 Å². The lowest BCUT2D eigenvalue weighted by molar-refractivity contribution is -0.678. The van der Waals surface area contributed by atoms with Crippen molar-refractivity contribution in [2.45, 2.75) is 134 Å². The van der Waals surface area contributed by atoms with Crippen molar-refractivity contribution in [3.05, 3.63) is 17.6 Å². The Morgan fingerprint density at radius 1 is 1.10 bits per heavy atom. The number of hydrazine groups is 2. The minimum Gasteiger partial charge on any atom is -0.346 e. The largest absolute Gasteiger partial charge is 0.346 e. The molecule has 3 aliphatic heterocycles. The third-order valence-corrected chi connectivity index (χ3v) is 14.7. The summed E-state index contributed by atoms with van der Waals surface area (Å²) in [5, 5.41) is 5.34. The summed E-state index contributed by atoms with van der Waals surface area (Å²) in [6, 6.07) is -2.88. The van der Waals surface area contributed by atoms with Crippen molar-refractivity contribution < 1.29 is 28.4 Å². The molecule has 0 aromatic rings. The van der Waals surface area contributed by atoms with Crippen LogP contribution in [-0.2, 0) is 28.9 Å². The molecule has 268 valence electrons. The normalized spacial score (nSPS) is 32.0. The van der Waals surface area contributed by atoms with Gasteiger partial charge in [-0.3, -0.25) is 19.2 Å². The molecule has 4 N–H and O–H groups in total. The Kier molecular flexibility index (Phi) is 9.83. The highest BCUT2D eigenvalue weighted by Gasteiger charge is 2.72. The summed E-state index contributed by atoms with van der Waals surface area (Å²) in [6.07, 6.45) is 8.88. The van der Waals surface area contributed by atoms with E-state index in [-0.39, 0.29) is 29.7 Å². The van der Waals surface area contributed by atoms with E-state index in [1.165, 1.54) is 6.08 Å². The number of nitrogens with one attached hydrogen (secondary N) is 4. The van der Waals surface area contributed by atoms with Crippen LogP contribution < -0.4 is 21.5 Å². The Bertz CT molecular complexity index is 1470. The van der Waals surface area contributed by atoms with Crippen molar-refractivity contribution in [3.8, 4) is 0 Å². The topological polar surface area (TPSA) is 169 Å². The van der Waals surface area contributed by atoms with Gasteiger partial charge in [0.05, 0.1) is 20.7 Å². The zero-order valence-corrected chi connectivity index (χ0v) is 30.4. The van der Waals surface area contributed by atoms with Gasteiger partial charge in [-0.25, -0.2) is 8.57 Å². The molecule has 0 aromatic carbocycles. The van der Waals surface area contributed by atoms with E-state index in [1.807, 2.05) is 27.7 Å². The second-order valence-corrected chi connectivity index (χ2v) is 18.8. The average Bonchev–Trinajstić information content (AvgIpc) is 3.58. The van der Waals surface area contributed by atoms with Gasteiger partial charge in [-0.15, -0.1) is 17.4 Å². The van der Waals surface area contributed by atoms with Crippen LogP contribution in [0, 0.1) is 27.6 Å². The molecule has 4 fully saturated rings. The molecule has 0 spiro atoms. The van der Waals surface area contributed by atoms with Crippen LogP contribution in [0.25, 0.3) is 0 Å². The first-order valence-corrected chi connectivity index (χ1v) is 19.5. The van der Waals surface area contributed by atoms with E-state index in [0.29, 0.717) is 49.4 Å². The number of carbonyl (C=O) groups is 4. The van der Waals surface area contributed by atoms with Crippen LogP contribution >= 0.6 is 0 Å². The molecule has 3 heterocycles. The second-order valence-electron chi connectivity index (χ2n) is 16.3. The average molecular weight is 691 g/mol. The highest BCUT2D eigenvalue weighted by atomic mass is 32.2. The maximum Gasteiger partial charge on any atom is 0.289 e. The van der Waals surface area contributed by atoms with Crippen molar-refractivity contribution in [2.24, 2.45) is 27.0 Å². The molecule has 0 bridgehead atoms. The number of hydrogen-bond acceptors (Lipinski definition) is 7. The summed E-state index contributed by atoms with van der Waals surface area (Å²) in [7, 11) is -2.35. The summed E-state index contributed by atoms with van der Waals surface area (Å²) in [5.41, 5.74) is 4.39. The van der Waals surface area contributed by atoms with E-state index in [2.05, 4.69) is 46.3 Å². The molecular formula is C34H56N7O6S+. The molecule has 3 amide bonds. The van der Waals surface area contributed by atoms with Crippen LogP contribution in [-0.4, -0.2) is 85.0 Å². The Hall–Kier alpha value is -3.03. The van der Waals surface area contributed by atoms with E-state index in [1.54, 1.807) is 4.90 Å². The Morgan fingerprint density at radius 3 is 2.35 bits per heavy atom. The first-order valence-electron chi connectivity index (χ1n) is 17.8. The van der Waals surface area contributed by atoms with E-state index in [9.17, 15) is 28.3 Å². The van der Waals surface area contributed by atoms with E-state index in [0.717, 1.165) is 32.1 Å². The smallest absolute Gasteiger partial charge is 0.289 e. The zero-order valence-electron chi connectivity index (χ0n) is 29.6. The lowest BCUT2D eigenvalue weighted by Gasteiger charge is -2.39. The quantitative estimate of drug-likeness (QED) is 0.0881. The lowest BCUT2D eigenvalue weighted by Crippen LogP contribution is -2.67. The molecule has 48 heavy (non-hydrogen) atoms. The fraction of sp³-hybridized carbons (Fsp3) is 0.824. The summed E-state index contributed by atoms with van der Waals surface area (Å²) >= 11 is 0. The number of carbonyl (C=O) groups excluding carboxylic acids is 4. The van der Waals surface area contributed by atoms with Crippen LogP contribution in [0.1, 0.15) is 106 Å². The number of rotatable bonds is 15. The molecule has 2 saturated heterocycles. The molecule has 0 aromatic heterocycles. The molecule has 7 unspecified atom stereocenters. The molecule has 5 rings (SSSR count). The van der Waals surface area contributed by atoms with Crippen LogP contribution in [0.5, 0.6) is 0 Å². The highest BCUT2D eigenvalue weighted by molar-refractivity contribution is 8.00. The van der Waals surface area contributed by atoms with E-state index in [4.69, 9.17) is 0 Å². The predicted octanol–water partition coefficient (Wildman–Crippen LogP) is 2.89. The van der Waals surface area contributed by atoms with Crippen molar-refractivity contribution in [1.82, 2.24) is 26.4 Å². The van der Waals surface area contributed by atoms with Gasteiger partial charge in [0.1, 0.15) is 11.6 Å². The first-order chi connectivity index (χ1) is 22.5. The molecule has 7 atom stereocenters. The fourth-order valence-electron chi connectivity index (χ4n) is 8.81. The maximum atomic E-state index is 14.5. The Balaban J connectivity index is 1.35. The molecule has 2 aliphatic carbocycles. The molecule has 13 nitrogen and oxygen atoms in total. The lowest BCUT2D eigenvalue weighted by atomic mass is 9.75. The number of ketones is 1. The van der Waals surface area contributed by atoms with Gasteiger partial charge in [-0.2, -0.15) is 0 Å². The van der Waals surface area contributed by atoms with Gasteiger partial charge in [0.15, 0.2) is 10.9 Å². The maximum absolute atomic E-state index is 14.5. The first kappa shape index (κ1) is 36.3. The van der Waals surface area contributed by atoms with Crippen LogP contribution in [0.4, 0.5) is 0 Å². The second kappa shape index (κ2) is 13.0. The van der Waals surface area contributed by atoms with Gasteiger partial charge < -0.3 is 15.5 Å². The number of likely N-dealkylation sites (tertiary alicyclic amines) is 1. The molecule has 0 radical (unpaired) electrons. The summed E-state index contributed by atoms with van der Waals surface area (Å²) in [6.45, 7) is 15.7. The molecule has 5 aliphatic rings. The van der Waals surface area contributed by atoms with Crippen molar-refractivity contribution in [1.29, 1.82) is 0 Å². The van der Waals surface area contributed by atoms with Crippen LogP contribution in [0.15, 0.2) is 17.0 Å².